The van der Waals surface area contributed by atoms with Crippen LogP contribution in [0.3, 0.4) is 0 Å². The third-order valence-corrected chi connectivity index (χ3v) is 3.60. The molecule has 1 aromatic carbocycles. The van der Waals surface area contributed by atoms with Gasteiger partial charge in [-0.15, -0.1) is 0 Å². The van der Waals surface area contributed by atoms with E-state index in [2.05, 4.69) is 10.2 Å². The number of carbonyl (C=O) groups is 2. The third kappa shape index (κ3) is 3.41. The van der Waals surface area contributed by atoms with Crippen molar-refractivity contribution in [2.75, 3.05) is 18.4 Å². The van der Waals surface area contributed by atoms with Gasteiger partial charge in [-0.1, -0.05) is 12.1 Å². The zero-order valence-corrected chi connectivity index (χ0v) is 11.5. The normalized spacial score (nSPS) is 17.2. The number of ketones is 1. The first-order chi connectivity index (χ1) is 9.08. The Labute approximate surface area is 113 Å². The molecule has 1 amide bonds. The monoisotopic (exact) mass is 260 g/mol. The van der Waals surface area contributed by atoms with E-state index in [0.29, 0.717) is 11.3 Å². The molecule has 1 N–H and O–H groups in total. The van der Waals surface area contributed by atoms with Gasteiger partial charge in [0.05, 0.1) is 6.04 Å². The number of likely N-dealkylation sites (tertiary alicyclic amines) is 1. The highest BCUT2D eigenvalue weighted by molar-refractivity contribution is 5.98. The molecule has 102 valence electrons. The van der Waals surface area contributed by atoms with Crippen molar-refractivity contribution in [3.63, 3.8) is 0 Å². The topological polar surface area (TPSA) is 49.4 Å². The predicted molar refractivity (Wildman–Crippen MR) is 75.3 cm³/mol. The highest BCUT2D eigenvalue weighted by Gasteiger charge is 2.23. The summed E-state index contributed by atoms with van der Waals surface area (Å²) in [5.41, 5.74) is 1.30. The van der Waals surface area contributed by atoms with Crippen molar-refractivity contribution < 1.29 is 9.59 Å². The van der Waals surface area contributed by atoms with Crippen LogP contribution in [0.15, 0.2) is 24.3 Å². The number of Topliss-reactive ketones (excluding diaryl/α,β-unsaturated/α-hetero) is 1. The molecule has 19 heavy (non-hydrogen) atoms. The molecule has 1 aromatic rings. The Bertz CT molecular complexity index is 479. The van der Waals surface area contributed by atoms with Crippen LogP contribution >= 0.6 is 0 Å². The Morgan fingerprint density at radius 2 is 1.95 bits per heavy atom. The van der Waals surface area contributed by atoms with Gasteiger partial charge in [-0.2, -0.15) is 0 Å². The standard InChI is InChI=1S/C15H20N2O2/c1-11(17-8-3-4-9-17)15(19)16-14-7-5-6-13(10-14)12(2)18/h5-7,10-11H,3-4,8-9H2,1-2H3,(H,16,19)/t11-/m0/s1. The summed E-state index contributed by atoms with van der Waals surface area (Å²) in [7, 11) is 0. The van der Waals surface area contributed by atoms with Crippen LogP contribution in [0.25, 0.3) is 0 Å². The van der Waals surface area contributed by atoms with Gasteiger partial charge in [0.25, 0.3) is 0 Å². The largest absolute Gasteiger partial charge is 0.325 e. The number of benzene rings is 1. The summed E-state index contributed by atoms with van der Waals surface area (Å²) >= 11 is 0. The number of amides is 1. The fourth-order valence-electron chi connectivity index (χ4n) is 2.36. The van der Waals surface area contributed by atoms with Crippen molar-refractivity contribution in [1.29, 1.82) is 0 Å². The van der Waals surface area contributed by atoms with E-state index in [9.17, 15) is 9.59 Å². The van der Waals surface area contributed by atoms with Gasteiger partial charge in [0, 0.05) is 11.3 Å². The number of hydrogen-bond donors (Lipinski definition) is 1. The molecular formula is C15H20N2O2. The predicted octanol–water partition coefficient (Wildman–Crippen LogP) is 2.31. The first kappa shape index (κ1) is 13.7. The molecule has 1 heterocycles. The highest BCUT2D eigenvalue weighted by Crippen LogP contribution is 2.15. The van der Waals surface area contributed by atoms with Crippen LogP contribution in [0.1, 0.15) is 37.0 Å². The molecule has 4 nitrogen and oxygen atoms in total. The van der Waals surface area contributed by atoms with E-state index in [1.165, 1.54) is 6.92 Å². The summed E-state index contributed by atoms with van der Waals surface area (Å²) in [6.45, 7) is 5.42. The summed E-state index contributed by atoms with van der Waals surface area (Å²) < 4.78 is 0. The smallest absolute Gasteiger partial charge is 0.241 e. The summed E-state index contributed by atoms with van der Waals surface area (Å²) in [5.74, 6) is -0.00806. The van der Waals surface area contributed by atoms with E-state index in [-0.39, 0.29) is 17.7 Å². The van der Waals surface area contributed by atoms with E-state index in [0.717, 1.165) is 25.9 Å². The molecule has 0 bridgehead atoms. The lowest BCUT2D eigenvalue weighted by Gasteiger charge is -2.22. The summed E-state index contributed by atoms with van der Waals surface area (Å²) in [4.78, 5) is 25.6. The second-order valence-electron chi connectivity index (χ2n) is 5.05. The van der Waals surface area contributed by atoms with Crippen molar-refractivity contribution in [2.45, 2.75) is 32.7 Å². The second-order valence-corrected chi connectivity index (χ2v) is 5.05. The number of rotatable bonds is 4. The van der Waals surface area contributed by atoms with Gasteiger partial charge < -0.3 is 5.32 Å². The zero-order chi connectivity index (χ0) is 13.8. The maximum absolute atomic E-state index is 12.1. The molecule has 0 saturated carbocycles. The average Bonchev–Trinajstić information content (AvgIpc) is 2.92. The zero-order valence-electron chi connectivity index (χ0n) is 11.5. The maximum Gasteiger partial charge on any atom is 0.241 e. The molecule has 0 radical (unpaired) electrons. The van der Waals surface area contributed by atoms with Gasteiger partial charge in [-0.25, -0.2) is 0 Å². The van der Waals surface area contributed by atoms with Crippen molar-refractivity contribution >= 4 is 17.4 Å². The van der Waals surface area contributed by atoms with Crippen LogP contribution < -0.4 is 5.32 Å². The quantitative estimate of drug-likeness (QED) is 0.845. The number of nitrogens with zero attached hydrogens (tertiary/aromatic N) is 1. The summed E-state index contributed by atoms with van der Waals surface area (Å²) in [5, 5.41) is 2.88. The first-order valence-corrected chi connectivity index (χ1v) is 6.74. The second kappa shape index (κ2) is 5.97. The lowest BCUT2D eigenvalue weighted by Crippen LogP contribution is -2.40. The lowest BCUT2D eigenvalue weighted by molar-refractivity contribution is -0.120. The Morgan fingerprint density at radius 3 is 2.58 bits per heavy atom. The van der Waals surface area contributed by atoms with E-state index < -0.39 is 0 Å². The molecule has 0 spiro atoms. The molecule has 4 heteroatoms. The van der Waals surface area contributed by atoms with Crippen molar-refractivity contribution in [1.82, 2.24) is 4.90 Å². The Kier molecular flexibility index (Phi) is 4.32. The van der Waals surface area contributed by atoms with Crippen molar-refractivity contribution in [2.24, 2.45) is 0 Å². The Morgan fingerprint density at radius 1 is 1.26 bits per heavy atom. The van der Waals surface area contributed by atoms with Gasteiger partial charge in [-0.05, 0) is 51.9 Å². The van der Waals surface area contributed by atoms with Crippen molar-refractivity contribution in [3.05, 3.63) is 29.8 Å². The van der Waals surface area contributed by atoms with Gasteiger partial charge in [0.1, 0.15) is 0 Å². The first-order valence-electron chi connectivity index (χ1n) is 6.74. The Balaban J connectivity index is 2.01. The minimum Gasteiger partial charge on any atom is -0.325 e. The van der Waals surface area contributed by atoms with E-state index in [1.807, 2.05) is 6.92 Å². The maximum atomic E-state index is 12.1. The average molecular weight is 260 g/mol. The molecule has 1 aliphatic heterocycles. The van der Waals surface area contributed by atoms with Crippen molar-refractivity contribution in [3.8, 4) is 0 Å². The molecule has 2 rings (SSSR count). The van der Waals surface area contributed by atoms with Crippen LogP contribution in [0.2, 0.25) is 0 Å². The Hall–Kier alpha value is -1.68. The molecular weight excluding hydrogens is 240 g/mol. The number of hydrogen-bond acceptors (Lipinski definition) is 3. The molecule has 1 atom stereocenters. The van der Waals surface area contributed by atoms with Crippen LogP contribution in [0, 0.1) is 0 Å². The highest BCUT2D eigenvalue weighted by atomic mass is 16.2. The molecule has 0 aliphatic carbocycles. The molecule has 0 aromatic heterocycles. The van der Waals surface area contributed by atoms with Crippen LogP contribution in [-0.4, -0.2) is 35.7 Å². The molecule has 1 saturated heterocycles. The van der Waals surface area contributed by atoms with Gasteiger partial charge >= 0.3 is 0 Å². The minimum atomic E-state index is -0.122. The number of carbonyl (C=O) groups excluding carboxylic acids is 2. The molecule has 0 unspecified atom stereocenters. The van der Waals surface area contributed by atoms with Gasteiger partial charge in [0.15, 0.2) is 5.78 Å². The molecule has 1 fully saturated rings. The van der Waals surface area contributed by atoms with E-state index in [1.54, 1.807) is 24.3 Å². The van der Waals surface area contributed by atoms with Gasteiger partial charge in [-0.3, -0.25) is 14.5 Å². The fraction of sp³-hybridized carbons (Fsp3) is 0.467. The summed E-state index contributed by atoms with van der Waals surface area (Å²) in [6.07, 6.45) is 2.33. The van der Waals surface area contributed by atoms with Crippen LogP contribution in [-0.2, 0) is 4.79 Å². The van der Waals surface area contributed by atoms with E-state index in [4.69, 9.17) is 0 Å². The molecule has 1 aliphatic rings. The van der Waals surface area contributed by atoms with Crippen LogP contribution in [0.5, 0.6) is 0 Å². The number of anilines is 1. The third-order valence-electron chi connectivity index (χ3n) is 3.60. The summed E-state index contributed by atoms with van der Waals surface area (Å²) in [6, 6.07) is 6.94. The fourth-order valence-corrected chi connectivity index (χ4v) is 2.36. The van der Waals surface area contributed by atoms with Gasteiger partial charge in [0.2, 0.25) is 5.91 Å². The lowest BCUT2D eigenvalue weighted by atomic mass is 10.1. The minimum absolute atomic E-state index is 0.00342. The SMILES string of the molecule is CC(=O)c1cccc(NC(=O)[C@H](C)N2CCCC2)c1. The van der Waals surface area contributed by atoms with E-state index >= 15 is 0 Å². The number of nitrogens with one attached hydrogen (secondary N) is 1. The van der Waals surface area contributed by atoms with Crippen LogP contribution in [0.4, 0.5) is 5.69 Å².